The van der Waals surface area contributed by atoms with Crippen molar-refractivity contribution in [3.8, 4) is 0 Å². The molecule has 42 heavy (non-hydrogen) atoms. The summed E-state index contributed by atoms with van der Waals surface area (Å²) in [6.45, 7) is 5.96. The van der Waals surface area contributed by atoms with Crippen molar-refractivity contribution in [1.82, 2.24) is 9.97 Å². The summed E-state index contributed by atoms with van der Waals surface area (Å²) in [5.41, 5.74) is 30.3. The Morgan fingerprint density at radius 3 is 1.29 bits per heavy atom. The maximum atomic E-state index is 6.11. The van der Waals surface area contributed by atoms with Crippen molar-refractivity contribution < 1.29 is 0 Å². The number of pyridine rings is 2. The van der Waals surface area contributed by atoms with Gasteiger partial charge in [-0.15, -0.1) is 0 Å². The molecule has 6 nitrogen and oxygen atoms in total. The summed E-state index contributed by atoms with van der Waals surface area (Å²) in [5, 5.41) is 2.39. The van der Waals surface area contributed by atoms with Gasteiger partial charge in [0.25, 0.3) is 0 Å². The summed E-state index contributed by atoms with van der Waals surface area (Å²) in [5.74, 6) is 1.38. The van der Waals surface area contributed by atoms with Crippen molar-refractivity contribution in [3.05, 3.63) is 70.8 Å². The fourth-order valence-electron chi connectivity index (χ4n) is 5.33. The van der Waals surface area contributed by atoms with E-state index >= 15 is 0 Å². The normalized spacial score (nSPS) is 11.1. The predicted octanol–water partition coefficient (Wildman–Crippen LogP) is 7.66. The number of aryl methyl sites for hydroxylation is 4. The third kappa shape index (κ3) is 10.6. The second kappa shape index (κ2) is 18.3. The van der Waals surface area contributed by atoms with Crippen LogP contribution in [0.2, 0.25) is 0 Å². The van der Waals surface area contributed by atoms with E-state index in [2.05, 4.69) is 72.3 Å². The van der Waals surface area contributed by atoms with Crippen LogP contribution in [0.25, 0.3) is 21.8 Å². The first kappa shape index (κ1) is 33.3. The minimum Gasteiger partial charge on any atom is -0.383 e. The van der Waals surface area contributed by atoms with E-state index in [1.807, 2.05) is 0 Å². The van der Waals surface area contributed by atoms with Gasteiger partial charge in [-0.2, -0.15) is 0 Å². The second-order valence-corrected chi connectivity index (χ2v) is 11.5. The van der Waals surface area contributed by atoms with Gasteiger partial charge >= 0.3 is 0 Å². The van der Waals surface area contributed by atoms with Gasteiger partial charge in [-0.05, 0) is 124 Å². The van der Waals surface area contributed by atoms with Crippen LogP contribution in [0.5, 0.6) is 0 Å². The summed E-state index contributed by atoms with van der Waals surface area (Å²) >= 11 is 0. The van der Waals surface area contributed by atoms with Gasteiger partial charge < -0.3 is 22.9 Å². The Bertz CT molecular complexity index is 1260. The minimum absolute atomic E-state index is 0.692. The summed E-state index contributed by atoms with van der Waals surface area (Å²) in [6, 6.07) is 17.5. The van der Waals surface area contributed by atoms with Gasteiger partial charge in [0, 0.05) is 10.8 Å². The highest BCUT2D eigenvalue weighted by molar-refractivity contribution is 5.83. The molecule has 4 rings (SSSR count). The van der Waals surface area contributed by atoms with E-state index in [9.17, 15) is 0 Å². The van der Waals surface area contributed by atoms with Crippen LogP contribution < -0.4 is 22.9 Å². The summed E-state index contributed by atoms with van der Waals surface area (Å²) in [7, 11) is 0. The van der Waals surface area contributed by atoms with Crippen LogP contribution in [0.3, 0.4) is 0 Å². The smallest absolute Gasteiger partial charge is 0.127 e. The van der Waals surface area contributed by atoms with Crippen LogP contribution in [0.4, 0.5) is 11.6 Å². The average Bonchev–Trinajstić information content (AvgIpc) is 2.98. The molecule has 0 aliphatic heterocycles. The number of nitrogens with zero attached hydrogens (tertiary/aromatic N) is 2. The molecule has 0 bridgehead atoms. The van der Waals surface area contributed by atoms with Crippen LogP contribution in [0, 0.1) is 0 Å². The Labute approximate surface area is 253 Å². The lowest BCUT2D eigenvalue weighted by Crippen LogP contribution is -2.00. The van der Waals surface area contributed by atoms with E-state index in [4.69, 9.17) is 22.9 Å². The SMILES string of the molecule is CCCCCc1cc2ccc(CCCCN)cc2nc1N.CCCCCc1cc2ccc(CCCCN)cc2nc1N. The Morgan fingerprint density at radius 1 is 0.500 bits per heavy atom. The van der Waals surface area contributed by atoms with Gasteiger partial charge in [0.15, 0.2) is 0 Å². The molecule has 0 saturated carbocycles. The van der Waals surface area contributed by atoms with Crippen molar-refractivity contribution in [2.75, 3.05) is 24.6 Å². The zero-order valence-corrected chi connectivity index (χ0v) is 26.1. The molecule has 0 aliphatic rings. The van der Waals surface area contributed by atoms with Crippen molar-refractivity contribution in [2.24, 2.45) is 11.5 Å². The molecule has 0 spiro atoms. The van der Waals surface area contributed by atoms with E-state index in [0.717, 1.165) is 75.5 Å². The highest BCUT2D eigenvalue weighted by atomic mass is 14.8. The van der Waals surface area contributed by atoms with Gasteiger partial charge in [-0.3, -0.25) is 0 Å². The molecule has 8 N–H and O–H groups in total. The fraction of sp³-hybridized carbons (Fsp3) is 0.500. The average molecular weight is 571 g/mol. The number of benzene rings is 2. The van der Waals surface area contributed by atoms with E-state index in [0.29, 0.717) is 11.6 Å². The van der Waals surface area contributed by atoms with Gasteiger partial charge in [-0.25, -0.2) is 9.97 Å². The first-order chi connectivity index (χ1) is 20.5. The molecule has 0 amide bonds. The first-order valence-electron chi connectivity index (χ1n) is 16.2. The number of nitrogen functional groups attached to an aromatic ring is 2. The Kier molecular flexibility index (Phi) is 14.5. The standard InChI is InChI=1S/2C18H27N3/c2*1-2-3-4-8-16-13-15-10-9-14(7-5-6-11-19)12-17(15)21-18(16)20/h2*9-10,12-13H,2-8,11,19H2,1H3,(H2,20,21). The molecule has 0 saturated heterocycles. The number of aromatic nitrogens is 2. The monoisotopic (exact) mass is 570 g/mol. The zero-order valence-electron chi connectivity index (χ0n) is 26.1. The zero-order chi connectivity index (χ0) is 30.2. The maximum absolute atomic E-state index is 6.11. The number of unbranched alkanes of at least 4 members (excludes halogenated alkanes) is 6. The molecule has 2 heterocycles. The molecule has 0 fully saturated rings. The van der Waals surface area contributed by atoms with Crippen LogP contribution >= 0.6 is 0 Å². The lowest BCUT2D eigenvalue weighted by molar-refractivity contribution is 0.717. The predicted molar refractivity (Wildman–Crippen MR) is 183 cm³/mol. The van der Waals surface area contributed by atoms with Crippen molar-refractivity contribution in [1.29, 1.82) is 0 Å². The van der Waals surface area contributed by atoms with E-state index in [1.54, 1.807) is 0 Å². The lowest BCUT2D eigenvalue weighted by Gasteiger charge is -2.08. The number of hydrogen-bond acceptors (Lipinski definition) is 6. The summed E-state index contributed by atoms with van der Waals surface area (Å²) < 4.78 is 0. The molecular weight excluding hydrogens is 516 g/mol. The molecule has 0 aliphatic carbocycles. The van der Waals surface area contributed by atoms with E-state index in [-0.39, 0.29) is 0 Å². The van der Waals surface area contributed by atoms with Crippen molar-refractivity contribution in [3.63, 3.8) is 0 Å². The van der Waals surface area contributed by atoms with Crippen LogP contribution in [0.1, 0.15) is 100 Å². The first-order valence-corrected chi connectivity index (χ1v) is 16.2. The van der Waals surface area contributed by atoms with E-state index in [1.165, 1.54) is 71.6 Å². The summed E-state index contributed by atoms with van der Waals surface area (Å²) in [4.78, 5) is 9.19. The molecule has 0 atom stereocenters. The lowest BCUT2D eigenvalue weighted by atomic mass is 10.0. The van der Waals surface area contributed by atoms with Crippen LogP contribution in [-0.4, -0.2) is 23.1 Å². The number of anilines is 2. The molecule has 2 aromatic carbocycles. The third-order valence-corrected chi connectivity index (χ3v) is 7.93. The molecule has 0 unspecified atom stereocenters. The molecular formula is C36H54N6. The second-order valence-electron chi connectivity index (χ2n) is 11.5. The summed E-state index contributed by atoms with van der Waals surface area (Å²) in [6.07, 6.45) is 15.9. The highest BCUT2D eigenvalue weighted by Gasteiger charge is 2.07. The number of hydrogen-bond donors (Lipinski definition) is 4. The minimum atomic E-state index is 0.692. The number of fused-ring (bicyclic) bond motifs is 2. The van der Waals surface area contributed by atoms with Crippen LogP contribution in [0.15, 0.2) is 48.5 Å². The van der Waals surface area contributed by atoms with Gasteiger partial charge in [0.05, 0.1) is 11.0 Å². The fourth-order valence-corrected chi connectivity index (χ4v) is 5.33. The number of nitrogens with two attached hydrogens (primary N) is 4. The maximum Gasteiger partial charge on any atom is 0.127 e. The van der Waals surface area contributed by atoms with Gasteiger partial charge in [0.1, 0.15) is 11.6 Å². The molecule has 0 radical (unpaired) electrons. The highest BCUT2D eigenvalue weighted by Crippen LogP contribution is 2.23. The topological polar surface area (TPSA) is 130 Å². The quantitative estimate of drug-likeness (QED) is 0.102. The number of rotatable bonds is 16. The Morgan fingerprint density at radius 2 is 0.905 bits per heavy atom. The Balaban J connectivity index is 0.000000230. The Hall–Kier alpha value is -3.22. The van der Waals surface area contributed by atoms with E-state index < -0.39 is 0 Å². The van der Waals surface area contributed by atoms with Crippen LogP contribution in [-0.2, 0) is 25.7 Å². The van der Waals surface area contributed by atoms with Crippen molar-refractivity contribution in [2.45, 2.75) is 104 Å². The van der Waals surface area contributed by atoms with Gasteiger partial charge in [-0.1, -0.05) is 63.8 Å². The molecule has 228 valence electrons. The molecule has 4 aromatic rings. The molecule has 6 heteroatoms. The van der Waals surface area contributed by atoms with Crippen molar-refractivity contribution >= 4 is 33.4 Å². The largest absolute Gasteiger partial charge is 0.383 e. The molecule has 2 aromatic heterocycles. The van der Waals surface area contributed by atoms with Gasteiger partial charge in [0.2, 0.25) is 0 Å². The third-order valence-electron chi connectivity index (χ3n) is 7.93.